The minimum absolute atomic E-state index is 0. The van der Waals surface area contributed by atoms with Gasteiger partial charge in [-0.1, -0.05) is 0 Å². The third kappa shape index (κ3) is 3.20. The maximum absolute atomic E-state index is 11.4. The molecule has 0 rings (SSSR count). The summed E-state index contributed by atoms with van der Waals surface area (Å²) in [6.45, 7) is 0. The molecule has 0 aromatic carbocycles. The molecule has 0 atom stereocenters. The molecule has 0 saturated carbocycles. The smallest absolute Gasteiger partial charge is 0.421 e. The van der Waals surface area contributed by atoms with Crippen LogP contribution in [0.4, 0.5) is 26.3 Å². The summed E-state index contributed by atoms with van der Waals surface area (Å²) in [4.78, 5) is 0. The van der Waals surface area contributed by atoms with E-state index in [9.17, 15) is 43.2 Å². The summed E-state index contributed by atoms with van der Waals surface area (Å²) >= 11 is 0. The monoisotopic (exact) mass is 281 g/mol. The molecule has 0 radical (unpaired) electrons. The van der Waals surface area contributed by atoms with Crippen molar-refractivity contribution in [3.05, 3.63) is 4.13 Å². The second-order valence-electron chi connectivity index (χ2n) is 1.92. The molecule has 0 heterocycles. The van der Waals surface area contributed by atoms with E-state index >= 15 is 0 Å². The summed E-state index contributed by atoms with van der Waals surface area (Å²) in [6, 6.07) is 0. The van der Waals surface area contributed by atoms with E-state index in [4.69, 9.17) is 0 Å². The minimum Gasteiger partial charge on any atom is -0.421 e. The third-order valence-electron chi connectivity index (χ3n) is 0.781. The van der Waals surface area contributed by atoms with Crippen molar-refractivity contribution in [1.29, 1.82) is 0 Å². The number of halogens is 6. The van der Waals surface area contributed by atoms with Crippen LogP contribution in [-0.2, 0) is 20.0 Å². The molecule has 0 fully saturated rings. The standard InChI is InChI=1S/C2F6NO4S2/c3-1(4,5)14(10,11)9-15(12,13)2(6,7)8/q-1/p+1. The van der Waals surface area contributed by atoms with Crippen molar-refractivity contribution in [2.75, 3.05) is 0 Å². The predicted octanol–water partition coefficient (Wildman–Crippen LogP) is 1.17. The Kier molecular flexibility index (Phi) is 3.35. The van der Waals surface area contributed by atoms with Crippen LogP contribution >= 0.6 is 0 Å². The van der Waals surface area contributed by atoms with Gasteiger partial charge in [-0.3, -0.25) is 0 Å². The molecule has 0 aromatic rings. The maximum atomic E-state index is 11.4. The first-order valence-electron chi connectivity index (χ1n) is 2.57. The van der Waals surface area contributed by atoms with Gasteiger partial charge in [0.2, 0.25) is 0 Å². The van der Waals surface area contributed by atoms with Crippen LogP contribution in [-0.4, -0.2) is 27.9 Å². The molecule has 92 valence electrons. The molecule has 0 saturated heterocycles. The Hall–Kier alpha value is -0.560. The van der Waals surface area contributed by atoms with Crippen molar-refractivity contribution in [3.8, 4) is 0 Å². The van der Waals surface area contributed by atoms with E-state index < -0.39 is 31.1 Å². The second-order valence-corrected chi connectivity index (χ2v) is 5.34. The van der Waals surface area contributed by atoms with Gasteiger partial charge >= 0.3 is 12.4 Å². The summed E-state index contributed by atoms with van der Waals surface area (Å²) in [5, 5.41) is 0. The number of hydrogen-bond acceptors (Lipinski definition) is 4. The van der Waals surface area contributed by atoms with E-state index in [1.54, 1.807) is 0 Å². The molecular weight excluding hydrogens is 280 g/mol. The van der Waals surface area contributed by atoms with Crippen LogP contribution < -0.4 is 0 Å². The van der Waals surface area contributed by atoms with E-state index in [0.29, 0.717) is 0 Å². The van der Waals surface area contributed by atoms with Gasteiger partial charge in [-0.2, -0.15) is 26.3 Å². The average Bonchev–Trinajstić information content (AvgIpc) is 1.77. The summed E-state index contributed by atoms with van der Waals surface area (Å²) in [5.41, 5.74) is -12.4. The lowest BCUT2D eigenvalue weighted by Gasteiger charge is -2.22. The van der Waals surface area contributed by atoms with Gasteiger partial charge < -0.3 is 4.13 Å². The van der Waals surface area contributed by atoms with Gasteiger partial charge in [0.1, 0.15) is 0 Å². The van der Waals surface area contributed by atoms with Gasteiger partial charge in [-0.05, 0) is 0 Å². The highest BCUT2D eigenvalue weighted by Crippen LogP contribution is 2.36. The fraction of sp³-hybridized carbons (Fsp3) is 1.00. The molecule has 0 amide bonds. The fourth-order valence-electron chi connectivity index (χ4n) is 0.214. The Morgan fingerprint density at radius 3 is 1.07 bits per heavy atom. The number of rotatable bonds is 2. The van der Waals surface area contributed by atoms with E-state index in [2.05, 4.69) is 0 Å². The van der Waals surface area contributed by atoms with Crippen molar-refractivity contribution in [2.45, 2.75) is 11.0 Å². The predicted molar refractivity (Wildman–Crippen MR) is 34.4 cm³/mol. The Morgan fingerprint density at radius 2 is 0.933 bits per heavy atom. The lowest BCUT2D eigenvalue weighted by molar-refractivity contribution is -0.0444. The minimum atomic E-state index is -6.72. The molecule has 13 heteroatoms. The van der Waals surface area contributed by atoms with Gasteiger partial charge in [-0.15, -0.1) is 0 Å². The largest absolute Gasteiger partial charge is 1.00 e. The highest BCUT2D eigenvalue weighted by atomic mass is 32.3. The van der Waals surface area contributed by atoms with Crippen LogP contribution in [0.15, 0.2) is 0 Å². The molecule has 5 nitrogen and oxygen atoms in total. The van der Waals surface area contributed by atoms with Crippen molar-refractivity contribution < 1.29 is 44.6 Å². The maximum Gasteiger partial charge on any atom is 1.00 e. The van der Waals surface area contributed by atoms with Gasteiger partial charge in [0.25, 0.3) is 0 Å². The van der Waals surface area contributed by atoms with Gasteiger partial charge in [0, 0.05) is 0 Å². The number of alkyl halides is 6. The SMILES string of the molecule is O=S(=O)([N-]S(=O)(=O)C(F)(F)F)C(F)(F)F.[H+]. The second kappa shape index (κ2) is 3.48. The molecule has 0 aliphatic rings. The first-order chi connectivity index (χ1) is 6.21. The van der Waals surface area contributed by atoms with Crippen molar-refractivity contribution in [1.82, 2.24) is 0 Å². The molecule has 0 N–H and O–H groups in total. The van der Waals surface area contributed by atoms with E-state index in [1.165, 1.54) is 0 Å². The Bertz CT molecular complexity index is 390. The zero-order valence-electron chi connectivity index (χ0n) is 7.16. The first kappa shape index (κ1) is 14.4. The Balaban J connectivity index is 0. The van der Waals surface area contributed by atoms with E-state index in [1.807, 2.05) is 0 Å². The van der Waals surface area contributed by atoms with Crippen LogP contribution in [0.1, 0.15) is 1.43 Å². The van der Waals surface area contributed by atoms with Crippen LogP contribution in [0.2, 0.25) is 0 Å². The van der Waals surface area contributed by atoms with Crippen molar-refractivity contribution in [3.63, 3.8) is 0 Å². The molecule has 0 bridgehead atoms. The molecule has 0 aromatic heterocycles. The summed E-state index contributed by atoms with van der Waals surface area (Å²) < 4.78 is 109. The van der Waals surface area contributed by atoms with Gasteiger partial charge in [-0.25, -0.2) is 16.8 Å². The third-order valence-corrected chi connectivity index (χ3v) is 3.52. The normalized spacial score (nSPS) is 15.3. The molecule has 0 unspecified atom stereocenters. The van der Waals surface area contributed by atoms with Crippen molar-refractivity contribution in [2.24, 2.45) is 0 Å². The Morgan fingerprint density at radius 1 is 0.733 bits per heavy atom. The summed E-state index contributed by atoms with van der Waals surface area (Å²) in [7, 11) is -13.4. The molecular formula is C2HF6NO4S2. The zero-order valence-corrected chi connectivity index (χ0v) is 7.80. The molecule has 0 aliphatic carbocycles. The van der Waals surface area contributed by atoms with Gasteiger partial charge in [0.05, 0.1) is 0 Å². The first-order valence-corrected chi connectivity index (χ1v) is 5.45. The lowest BCUT2D eigenvalue weighted by Crippen LogP contribution is -2.30. The molecule has 0 spiro atoms. The van der Waals surface area contributed by atoms with E-state index in [0.717, 1.165) is 4.13 Å². The average molecular weight is 281 g/mol. The van der Waals surface area contributed by atoms with Crippen LogP contribution in [0.25, 0.3) is 4.13 Å². The van der Waals surface area contributed by atoms with Crippen LogP contribution in [0.5, 0.6) is 0 Å². The van der Waals surface area contributed by atoms with Crippen LogP contribution in [0.3, 0.4) is 0 Å². The molecule has 15 heavy (non-hydrogen) atoms. The van der Waals surface area contributed by atoms with Crippen LogP contribution in [0, 0.1) is 0 Å². The Labute approximate surface area is 80.7 Å². The number of sulfonamides is 2. The summed E-state index contributed by atoms with van der Waals surface area (Å²) in [6.07, 6.45) is 0. The lowest BCUT2D eigenvalue weighted by atomic mass is 11.6. The number of nitrogens with zero attached hydrogens (tertiary/aromatic N) is 1. The van der Waals surface area contributed by atoms with Gasteiger partial charge in [0.15, 0.2) is 20.0 Å². The fourth-order valence-corrected chi connectivity index (χ4v) is 1.92. The highest BCUT2D eigenvalue weighted by Gasteiger charge is 2.46. The van der Waals surface area contributed by atoms with Crippen molar-refractivity contribution >= 4 is 20.0 Å². The molecule has 0 aliphatic heterocycles. The quantitative estimate of drug-likeness (QED) is 0.711. The highest BCUT2D eigenvalue weighted by molar-refractivity contribution is 8.12. The number of hydrogen-bond donors (Lipinski definition) is 0. The zero-order chi connectivity index (χ0) is 12.7. The van der Waals surface area contributed by atoms with E-state index in [-0.39, 0.29) is 1.43 Å². The topological polar surface area (TPSA) is 82.4 Å². The summed E-state index contributed by atoms with van der Waals surface area (Å²) in [5.74, 6) is 0.